The van der Waals surface area contributed by atoms with Crippen LogP contribution in [0.25, 0.3) is 0 Å². The van der Waals surface area contributed by atoms with Gasteiger partial charge in [0, 0.05) is 16.9 Å². The van der Waals surface area contributed by atoms with E-state index in [1.54, 1.807) is 43.3 Å². The number of rotatable bonds is 4. The third-order valence-electron chi connectivity index (χ3n) is 2.82. The van der Waals surface area contributed by atoms with Crippen LogP contribution in [0.2, 0.25) is 10.0 Å². The molecular weight excluding hydrogens is 339 g/mol. The van der Waals surface area contributed by atoms with Crippen LogP contribution in [0.5, 0.6) is 0 Å². The van der Waals surface area contributed by atoms with Crippen LogP contribution >= 0.6 is 23.2 Å². The molecule has 0 saturated heterocycles. The fourth-order valence-electron chi connectivity index (χ4n) is 1.80. The number of hydrogen-bond acceptors (Lipinski definition) is 3. The molecule has 5 nitrogen and oxygen atoms in total. The first-order valence-corrected chi connectivity index (χ1v) is 7.55. The van der Waals surface area contributed by atoms with Crippen molar-refractivity contribution < 1.29 is 14.3 Å². The van der Waals surface area contributed by atoms with Crippen molar-refractivity contribution in [2.75, 3.05) is 17.2 Å². The maximum absolute atomic E-state index is 12.2. The predicted octanol–water partition coefficient (Wildman–Crippen LogP) is 4.81. The standard InChI is InChI=1S/C16H14Cl2N2O3/c1-2-23-16(22)20-12-5-3-4-11(9-12)19-15(21)10-6-7-13(17)14(18)8-10/h3-9H,2H2,1H3,(H,19,21)(H,20,22). The maximum atomic E-state index is 12.2. The number of hydrogen-bond donors (Lipinski definition) is 2. The van der Waals surface area contributed by atoms with Crippen molar-refractivity contribution in [1.82, 2.24) is 0 Å². The van der Waals surface area contributed by atoms with Gasteiger partial charge < -0.3 is 10.1 Å². The van der Waals surface area contributed by atoms with E-state index in [0.29, 0.717) is 27.0 Å². The summed E-state index contributed by atoms with van der Waals surface area (Å²) in [4.78, 5) is 23.6. The van der Waals surface area contributed by atoms with E-state index in [1.807, 2.05) is 0 Å². The lowest BCUT2D eigenvalue weighted by Crippen LogP contribution is -2.14. The van der Waals surface area contributed by atoms with Crippen LogP contribution in [0, 0.1) is 0 Å². The molecule has 0 atom stereocenters. The van der Waals surface area contributed by atoms with Gasteiger partial charge in [-0.25, -0.2) is 4.79 Å². The Bertz CT molecular complexity index is 735. The predicted molar refractivity (Wildman–Crippen MR) is 91.5 cm³/mol. The molecule has 0 heterocycles. The SMILES string of the molecule is CCOC(=O)Nc1cccc(NC(=O)c2ccc(Cl)c(Cl)c2)c1. The van der Waals surface area contributed by atoms with Crippen LogP contribution in [0.1, 0.15) is 17.3 Å². The molecule has 120 valence electrons. The lowest BCUT2D eigenvalue weighted by Gasteiger charge is -2.09. The number of carbonyl (C=O) groups excluding carboxylic acids is 2. The Morgan fingerprint density at radius 2 is 1.70 bits per heavy atom. The molecule has 2 aromatic rings. The van der Waals surface area contributed by atoms with Gasteiger partial charge in [-0.3, -0.25) is 10.1 Å². The Morgan fingerprint density at radius 3 is 2.35 bits per heavy atom. The zero-order chi connectivity index (χ0) is 16.8. The smallest absolute Gasteiger partial charge is 0.411 e. The molecule has 0 saturated carbocycles. The first kappa shape index (κ1) is 17.1. The Hall–Kier alpha value is -2.24. The summed E-state index contributed by atoms with van der Waals surface area (Å²) in [7, 11) is 0. The first-order chi connectivity index (χ1) is 11.0. The highest BCUT2D eigenvalue weighted by Crippen LogP contribution is 2.23. The van der Waals surface area contributed by atoms with Crippen molar-refractivity contribution >= 4 is 46.6 Å². The van der Waals surface area contributed by atoms with Crippen LogP contribution in [0.4, 0.5) is 16.2 Å². The number of nitrogens with one attached hydrogen (secondary N) is 2. The van der Waals surface area contributed by atoms with Gasteiger partial charge in [-0.15, -0.1) is 0 Å². The minimum Gasteiger partial charge on any atom is -0.450 e. The van der Waals surface area contributed by atoms with Crippen molar-refractivity contribution in [3.8, 4) is 0 Å². The number of ether oxygens (including phenoxy) is 1. The number of carbonyl (C=O) groups is 2. The van der Waals surface area contributed by atoms with Gasteiger partial charge in [0.2, 0.25) is 0 Å². The van der Waals surface area contributed by atoms with Crippen molar-refractivity contribution in [3.05, 3.63) is 58.1 Å². The molecule has 0 aliphatic heterocycles. The number of halogens is 2. The van der Waals surface area contributed by atoms with Gasteiger partial charge in [-0.05, 0) is 43.3 Å². The van der Waals surface area contributed by atoms with E-state index in [1.165, 1.54) is 6.07 Å². The first-order valence-electron chi connectivity index (χ1n) is 6.80. The Morgan fingerprint density at radius 1 is 1.00 bits per heavy atom. The van der Waals surface area contributed by atoms with Gasteiger partial charge in [-0.1, -0.05) is 29.3 Å². The number of amides is 2. The lowest BCUT2D eigenvalue weighted by atomic mass is 10.2. The number of anilines is 2. The highest BCUT2D eigenvalue weighted by Gasteiger charge is 2.09. The molecule has 2 N–H and O–H groups in total. The third kappa shape index (κ3) is 4.87. The highest BCUT2D eigenvalue weighted by atomic mass is 35.5. The number of benzene rings is 2. The minimum atomic E-state index is -0.555. The molecular formula is C16H14Cl2N2O3. The second-order valence-electron chi connectivity index (χ2n) is 4.51. The fraction of sp³-hybridized carbons (Fsp3) is 0.125. The van der Waals surface area contributed by atoms with Crippen LogP contribution in [-0.2, 0) is 4.74 Å². The Balaban J connectivity index is 2.08. The second-order valence-corrected chi connectivity index (χ2v) is 5.32. The van der Waals surface area contributed by atoms with Crippen molar-refractivity contribution in [1.29, 1.82) is 0 Å². The van der Waals surface area contributed by atoms with E-state index < -0.39 is 6.09 Å². The van der Waals surface area contributed by atoms with Gasteiger partial charge >= 0.3 is 6.09 Å². The van der Waals surface area contributed by atoms with Crippen LogP contribution in [0.15, 0.2) is 42.5 Å². The average molecular weight is 353 g/mol. The Kier molecular flexibility index (Phi) is 5.84. The molecule has 0 bridgehead atoms. The summed E-state index contributed by atoms with van der Waals surface area (Å²) < 4.78 is 4.80. The monoisotopic (exact) mass is 352 g/mol. The average Bonchev–Trinajstić information content (AvgIpc) is 2.50. The van der Waals surface area contributed by atoms with E-state index in [9.17, 15) is 9.59 Å². The zero-order valence-electron chi connectivity index (χ0n) is 12.2. The second kappa shape index (κ2) is 7.85. The van der Waals surface area contributed by atoms with E-state index in [4.69, 9.17) is 27.9 Å². The van der Waals surface area contributed by atoms with Crippen LogP contribution in [0.3, 0.4) is 0 Å². The summed E-state index contributed by atoms with van der Waals surface area (Å²) in [6, 6.07) is 11.3. The molecule has 2 amide bonds. The van der Waals surface area contributed by atoms with Gasteiger partial charge in [0.1, 0.15) is 0 Å². The molecule has 0 unspecified atom stereocenters. The molecule has 23 heavy (non-hydrogen) atoms. The molecule has 0 spiro atoms. The molecule has 2 aromatic carbocycles. The summed E-state index contributed by atoms with van der Waals surface area (Å²) in [6.07, 6.45) is -0.555. The maximum Gasteiger partial charge on any atom is 0.411 e. The molecule has 7 heteroatoms. The summed E-state index contributed by atoms with van der Waals surface area (Å²) >= 11 is 11.7. The molecule has 0 aliphatic rings. The normalized spacial score (nSPS) is 10.0. The molecule has 0 radical (unpaired) electrons. The van der Waals surface area contributed by atoms with Crippen molar-refractivity contribution in [2.24, 2.45) is 0 Å². The van der Waals surface area contributed by atoms with Gasteiger partial charge in [0.25, 0.3) is 5.91 Å². The summed E-state index contributed by atoms with van der Waals surface area (Å²) in [6.45, 7) is 1.99. The minimum absolute atomic E-state index is 0.277. The van der Waals surface area contributed by atoms with Gasteiger partial charge in [0.15, 0.2) is 0 Å². The van der Waals surface area contributed by atoms with E-state index in [2.05, 4.69) is 10.6 Å². The summed E-state index contributed by atoms with van der Waals surface area (Å²) in [5, 5.41) is 5.96. The van der Waals surface area contributed by atoms with Crippen LogP contribution < -0.4 is 10.6 Å². The van der Waals surface area contributed by atoms with Gasteiger partial charge in [0.05, 0.1) is 16.7 Å². The third-order valence-corrected chi connectivity index (χ3v) is 3.56. The largest absolute Gasteiger partial charge is 0.450 e. The molecule has 0 aliphatic carbocycles. The van der Waals surface area contributed by atoms with Crippen molar-refractivity contribution in [2.45, 2.75) is 6.92 Å². The van der Waals surface area contributed by atoms with E-state index >= 15 is 0 Å². The fourth-order valence-corrected chi connectivity index (χ4v) is 2.10. The van der Waals surface area contributed by atoms with E-state index in [-0.39, 0.29) is 12.5 Å². The van der Waals surface area contributed by atoms with E-state index in [0.717, 1.165) is 0 Å². The molecule has 2 rings (SSSR count). The summed E-state index contributed by atoms with van der Waals surface area (Å²) in [5.74, 6) is -0.336. The lowest BCUT2D eigenvalue weighted by molar-refractivity contribution is 0.102. The quantitative estimate of drug-likeness (QED) is 0.829. The molecule has 0 aromatic heterocycles. The zero-order valence-corrected chi connectivity index (χ0v) is 13.7. The topological polar surface area (TPSA) is 67.4 Å². The highest BCUT2D eigenvalue weighted by molar-refractivity contribution is 6.42. The van der Waals surface area contributed by atoms with Crippen LogP contribution in [-0.4, -0.2) is 18.6 Å². The van der Waals surface area contributed by atoms with Gasteiger partial charge in [-0.2, -0.15) is 0 Å². The van der Waals surface area contributed by atoms with Crippen molar-refractivity contribution in [3.63, 3.8) is 0 Å². The molecule has 0 fully saturated rings. The Labute approximate surface area is 143 Å². The summed E-state index contributed by atoms with van der Waals surface area (Å²) in [5.41, 5.74) is 1.41.